The molecule has 3 aromatic carbocycles. The van der Waals surface area contributed by atoms with E-state index in [1.165, 1.54) is 0 Å². The molecule has 5 nitrogen and oxygen atoms in total. The molecule has 0 spiro atoms. The van der Waals surface area contributed by atoms with Crippen molar-refractivity contribution in [1.29, 1.82) is 0 Å². The number of aromatic nitrogens is 2. The van der Waals surface area contributed by atoms with Crippen LogP contribution in [0.25, 0.3) is 28.7 Å². The molecular formula is C25H19BrN2O3. The predicted octanol–water partition coefficient (Wildman–Crippen LogP) is 5.50. The zero-order chi connectivity index (χ0) is 21.8. The van der Waals surface area contributed by atoms with E-state index in [2.05, 4.69) is 15.9 Å². The van der Waals surface area contributed by atoms with Crippen molar-refractivity contribution in [3.05, 3.63) is 105 Å². The predicted molar refractivity (Wildman–Crippen MR) is 126 cm³/mol. The van der Waals surface area contributed by atoms with Crippen LogP contribution >= 0.6 is 15.9 Å². The van der Waals surface area contributed by atoms with Gasteiger partial charge < -0.3 is 4.74 Å². The average Bonchev–Trinajstić information content (AvgIpc) is 2.79. The highest BCUT2D eigenvalue weighted by atomic mass is 79.9. The quantitative estimate of drug-likeness (QED) is 0.358. The van der Waals surface area contributed by atoms with E-state index in [0.717, 1.165) is 10.0 Å². The second kappa shape index (κ2) is 9.10. The molecule has 0 saturated carbocycles. The Labute approximate surface area is 187 Å². The molecular weight excluding hydrogens is 456 g/mol. The first-order chi connectivity index (χ1) is 15.1. The van der Waals surface area contributed by atoms with Crippen LogP contribution in [0.4, 0.5) is 0 Å². The highest BCUT2D eigenvalue weighted by Crippen LogP contribution is 2.19. The van der Waals surface area contributed by atoms with Crippen LogP contribution in [0.3, 0.4) is 0 Å². The Hall–Kier alpha value is -3.51. The molecule has 31 heavy (non-hydrogen) atoms. The molecule has 0 radical (unpaired) electrons. The SMILES string of the molecule is CCOC(=O)c1ccc(-n2c(/C=C/c3ccccc3)nc3ccc(Br)cc3c2=O)cc1. The number of hydrogen-bond donors (Lipinski definition) is 0. The van der Waals surface area contributed by atoms with Crippen LogP contribution in [0.1, 0.15) is 28.7 Å². The zero-order valence-corrected chi connectivity index (χ0v) is 18.4. The number of ether oxygens (including phenoxy) is 1. The number of benzene rings is 3. The van der Waals surface area contributed by atoms with Gasteiger partial charge in [0.25, 0.3) is 5.56 Å². The van der Waals surface area contributed by atoms with E-state index >= 15 is 0 Å². The Morgan fingerprint density at radius 3 is 2.48 bits per heavy atom. The van der Waals surface area contributed by atoms with Gasteiger partial charge in [-0.25, -0.2) is 9.78 Å². The van der Waals surface area contributed by atoms with Gasteiger partial charge in [-0.2, -0.15) is 0 Å². The fourth-order valence-corrected chi connectivity index (χ4v) is 3.59. The van der Waals surface area contributed by atoms with Gasteiger partial charge >= 0.3 is 5.97 Å². The lowest BCUT2D eigenvalue weighted by atomic mass is 10.1. The largest absolute Gasteiger partial charge is 0.462 e. The maximum Gasteiger partial charge on any atom is 0.338 e. The molecule has 0 N–H and O–H groups in total. The summed E-state index contributed by atoms with van der Waals surface area (Å²) in [5.41, 5.74) is 2.46. The molecule has 0 atom stereocenters. The first kappa shape index (κ1) is 20.8. The summed E-state index contributed by atoms with van der Waals surface area (Å²) in [5.74, 6) is 0.0960. The van der Waals surface area contributed by atoms with Crippen LogP contribution in [-0.2, 0) is 4.74 Å². The monoisotopic (exact) mass is 474 g/mol. The number of nitrogens with zero attached hydrogens (tertiary/aromatic N) is 2. The van der Waals surface area contributed by atoms with E-state index in [-0.39, 0.29) is 5.56 Å². The number of rotatable bonds is 5. The van der Waals surface area contributed by atoms with Gasteiger partial charge in [-0.1, -0.05) is 52.3 Å². The molecule has 0 fully saturated rings. The molecule has 4 aromatic rings. The molecule has 0 aliphatic carbocycles. The van der Waals surface area contributed by atoms with Gasteiger partial charge in [-0.3, -0.25) is 9.36 Å². The lowest BCUT2D eigenvalue weighted by molar-refractivity contribution is 0.0526. The van der Waals surface area contributed by atoms with E-state index in [0.29, 0.717) is 34.6 Å². The van der Waals surface area contributed by atoms with Crippen molar-refractivity contribution in [2.24, 2.45) is 0 Å². The second-order valence-corrected chi connectivity index (χ2v) is 7.70. The number of esters is 1. The molecule has 0 saturated heterocycles. The van der Waals surface area contributed by atoms with Crippen LogP contribution in [0.2, 0.25) is 0 Å². The van der Waals surface area contributed by atoms with Crippen LogP contribution in [0, 0.1) is 0 Å². The third-order valence-corrected chi connectivity index (χ3v) is 5.21. The molecule has 154 valence electrons. The minimum Gasteiger partial charge on any atom is -0.462 e. The Kier molecular flexibility index (Phi) is 6.09. The smallest absolute Gasteiger partial charge is 0.338 e. The fraction of sp³-hybridized carbons (Fsp3) is 0.0800. The number of hydrogen-bond acceptors (Lipinski definition) is 4. The van der Waals surface area contributed by atoms with Crippen molar-refractivity contribution in [2.45, 2.75) is 6.92 Å². The summed E-state index contributed by atoms with van der Waals surface area (Å²) >= 11 is 3.43. The first-order valence-electron chi connectivity index (χ1n) is 9.80. The van der Waals surface area contributed by atoms with Crippen molar-refractivity contribution in [3.63, 3.8) is 0 Å². The van der Waals surface area contributed by atoms with Crippen molar-refractivity contribution in [3.8, 4) is 5.69 Å². The summed E-state index contributed by atoms with van der Waals surface area (Å²) < 4.78 is 7.39. The highest BCUT2D eigenvalue weighted by molar-refractivity contribution is 9.10. The Balaban J connectivity index is 1.87. The normalized spacial score (nSPS) is 11.2. The minimum atomic E-state index is -0.397. The van der Waals surface area contributed by atoms with Crippen LogP contribution in [0.5, 0.6) is 0 Å². The van der Waals surface area contributed by atoms with Gasteiger partial charge in [-0.05, 0) is 61.0 Å². The lowest BCUT2D eigenvalue weighted by Crippen LogP contribution is -2.22. The number of halogens is 1. The van der Waals surface area contributed by atoms with Crippen molar-refractivity contribution in [2.75, 3.05) is 6.61 Å². The fourth-order valence-electron chi connectivity index (χ4n) is 3.23. The van der Waals surface area contributed by atoms with Crippen molar-refractivity contribution < 1.29 is 9.53 Å². The van der Waals surface area contributed by atoms with Gasteiger partial charge in [0.15, 0.2) is 0 Å². The topological polar surface area (TPSA) is 61.2 Å². The zero-order valence-electron chi connectivity index (χ0n) is 16.8. The van der Waals surface area contributed by atoms with Crippen molar-refractivity contribution in [1.82, 2.24) is 9.55 Å². The maximum absolute atomic E-state index is 13.4. The summed E-state index contributed by atoms with van der Waals surface area (Å²) in [7, 11) is 0. The van der Waals surface area contributed by atoms with E-state index in [4.69, 9.17) is 9.72 Å². The molecule has 1 heterocycles. The average molecular weight is 475 g/mol. The van der Waals surface area contributed by atoms with Gasteiger partial charge in [0.2, 0.25) is 0 Å². The second-order valence-electron chi connectivity index (χ2n) is 6.78. The first-order valence-corrected chi connectivity index (χ1v) is 10.6. The molecule has 0 aliphatic heterocycles. The Morgan fingerprint density at radius 1 is 1.03 bits per heavy atom. The third-order valence-electron chi connectivity index (χ3n) is 4.72. The summed E-state index contributed by atoms with van der Waals surface area (Å²) in [6.45, 7) is 2.06. The number of carbonyl (C=O) groups is 1. The molecule has 4 rings (SSSR count). The summed E-state index contributed by atoms with van der Waals surface area (Å²) in [6, 6.07) is 22.0. The standard InChI is InChI=1S/C25H19BrN2O3/c1-2-31-25(30)18-9-12-20(13-10-18)28-23(15-8-17-6-4-3-5-7-17)27-22-14-11-19(26)16-21(22)24(28)29/h3-16H,2H2,1H3/b15-8+. The Bertz CT molecular complexity index is 1330. The van der Waals surface area contributed by atoms with Gasteiger partial charge in [-0.15, -0.1) is 0 Å². The molecule has 0 amide bonds. The van der Waals surface area contributed by atoms with Crippen LogP contribution in [0.15, 0.2) is 82.1 Å². The minimum absolute atomic E-state index is 0.192. The Morgan fingerprint density at radius 2 is 1.77 bits per heavy atom. The van der Waals surface area contributed by atoms with E-state index in [1.807, 2.05) is 54.6 Å². The summed E-state index contributed by atoms with van der Waals surface area (Å²) in [4.78, 5) is 30.1. The maximum atomic E-state index is 13.4. The number of carbonyl (C=O) groups excluding carboxylic acids is 1. The van der Waals surface area contributed by atoms with Gasteiger partial charge in [0, 0.05) is 4.47 Å². The molecule has 1 aromatic heterocycles. The third kappa shape index (κ3) is 4.49. The van der Waals surface area contributed by atoms with E-state index in [1.54, 1.807) is 41.8 Å². The molecule has 0 aliphatic rings. The van der Waals surface area contributed by atoms with E-state index < -0.39 is 5.97 Å². The van der Waals surface area contributed by atoms with Crippen molar-refractivity contribution >= 4 is 45.0 Å². The van der Waals surface area contributed by atoms with E-state index in [9.17, 15) is 9.59 Å². The molecule has 0 bridgehead atoms. The summed E-state index contributed by atoms with van der Waals surface area (Å²) in [5, 5.41) is 0.501. The summed E-state index contributed by atoms with van der Waals surface area (Å²) in [6.07, 6.45) is 3.73. The number of fused-ring (bicyclic) bond motifs is 1. The molecule has 0 unspecified atom stereocenters. The van der Waals surface area contributed by atoms with Gasteiger partial charge in [0.1, 0.15) is 5.82 Å². The van der Waals surface area contributed by atoms with Gasteiger partial charge in [0.05, 0.1) is 28.8 Å². The lowest BCUT2D eigenvalue weighted by Gasteiger charge is -2.12. The van der Waals surface area contributed by atoms with Crippen LogP contribution in [-0.4, -0.2) is 22.1 Å². The highest BCUT2D eigenvalue weighted by Gasteiger charge is 2.13. The molecule has 6 heteroatoms. The van der Waals surface area contributed by atoms with Crippen LogP contribution < -0.4 is 5.56 Å².